The first-order valence-corrected chi connectivity index (χ1v) is 8.34. The first-order chi connectivity index (χ1) is 11.0. The normalized spacial score (nSPS) is 13.8. The molecule has 24 heavy (non-hydrogen) atoms. The number of hydrogen-bond donors (Lipinski definition) is 2. The van der Waals surface area contributed by atoms with Crippen LogP contribution in [0.5, 0.6) is 0 Å². The molecular weight excluding hydrogens is 443 g/mol. The first kappa shape index (κ1) is 20.8. The molecule has 0 spiro atoms. The van der Waals surface area contributed by atoms with Crippen molar-refractivity contribution >= 4 is 41.3 Å². The van der Waals surface area contributed by atoms with E-state index in [-0.39, 0.29) is 30.0 Å². The fourth-order valence-corrected chi connectivity index (χ4v) is 3.04. The van der Waals surface area contributed by atoms with Crippen LogP contribution in [0, 0.1) is 11.6 Å². The summed E-state index contributed by atoms with van der Waals surface area (Å²) in [5.74, 6) is -0.200. The van der Waals surface area contributed by atoms with Gasteiger partial charge in [-0.25, -0.2) is 8.78 Å². The monoisotopic (exact) mass is 465 g/mol. The van der Waals surface area contributed by atoms with Crippen LogP contribution in [0.4, 0.5) is 8.78 Å². The molecule has 0 amide bonds. The summed E-state index contributed by atoms with van der Waals surface area (Å²) < 4.78 is 26.8. The van der Waals surface area contributed by atoms with E-state index in [1.165, 1.54) is 17.0 Å². The molecule has 0 radical (unpaired) electrons. The van der Waals surface area contributed by atoms with Gasteiger partial charge in [0.1, 0.15) is 11.6 Å². The summed E-state index contributed by atoms with van der Waals surface area (Å²) in [5, 5.41) is 8.42. The van der Waals surface area contributed by atoms with Crippen LogP contribution >= 0.6 is 35.3 Å². The fraction of sp³-hybridized carbons (Fsp3) is 0.353. The van der Waals surface area contributed by atoms with E-state index in [9.17, 15) is 8.78 Å². The Morgan fingerprint density at radius 3 is 2.58 bits per heavy atom. The van der Waals surface area contributed by atoms with Gasteiger partial charge in [0.15, 0.2) is 5.96 Å². The standard InChI is InChI=1S/C17H21F2N3S.HI/c1-11(16-5-4-8-23-16)10-21-17(20-3)22-12(2)14-7-6-13(18)9-15(14)19;/h4-9,11-12H,10H2,1-3H3,(H2,20,21,22);1H. The van der Waals surface area contributed by atoms with Gasteiger partial charge < -0.3 is 10.6 Å². The molecule has 0 aliphatic rings. The summed E-state index contributed by atoms with van der Waals surface area (Å²) in [6.07, 6.45) is 0. The van der Waals surface area contributed by atoms with Gasteiger partial charge in [-0.2, -0.15) is 0 Å². The molecule has 0 aliphatic heterocycles. The lowest BCUT2D eigenvalue weighted by Gasteiger charge is -2.20. The molecule has 1 heterocycles. The van der Waals surface area contributed by atoms with E-state index in [0.29, 0.717) is 17.4 Å². The fourth-order valence-electron chi connectivity index (χ4n) is 2.25. The van der Waals surface area contributed by atoms with Gasteiger partial charge in [0.2, 0.25) is 0 Å². The second-order valence-corrected chi connectivity index (χ2v) is 6.38. The van der Waals surface area contributed by atoms with Crippen LogP contribution in [0.25, 0.3) is 0 Å². The van der Waals surface area contributed by atoms with Crippen molar-refractivity contribution in [3.8, 4) is 0 Å². The number of rotatable bonds is 5. The smallest absolute Gasteiger partial charge is 0.191 e. The number of nitrogens with zero attached hydrogens (tertiary/aromatic N) is 1. The number of guanidine groups is 1. The van der Waals surface area contributed by atoms with Gasteiger partial charge >= 0.3 is 0 Å². The number of nitrogens with one attached hydrogen (secondary N) is 2. The summed E-state index contributed by atoms with van der Waals surface area (Å²) in [5.41, 5.74) is 0.403. The molecule has 0 saturated heterocycles. The maximum absolute atomic E-state index is 13.8. The first-order valence-electron chi connectivity index (χ1n) is 7.46. The van der Waals surface area contributed by atoms with E-state index in [4.69, 9.17) is 0 Å². The van der Waals surface area contributed by atoms with Crippen LogP contribution in [-0.2, 0) is 0 Å². The number of benzene rings is 1. The maximum atomic E-state index is 13.8. The van der Waals surface area contributed by atoms with E-state index >= 15 is 0 Å². The molecule has 2 rings (SSSR count). The summed E-state index contributed by atoms with van der Waals surface area (Å²) in [6, 6.07) is 7.41. The van der Waals surface area contributed by atoms with Gasteiger partial charge in [0.05, 0.1) is 6.04 Å². The molecule has 2 unspecified atom stereocenters. The molecule has 3 nitrogen and oxygen atoms in total. The molecule has 2 aromatic rings. The largest absolute Gasteiger partial charge is 0.356 e. The minimum Gasteiger partial charge on any atom is -0.356 e. The third-order valence-corrected chi connectivity index (χ3v) is 4.71. The topological polar surface area (TPSA) is 36.4 Å². The van der Waals surface area contributed by atoms with Gasteiger partial charge in [-0.1, -0.05) is 19.1 Å². The number of thiophene rings is 1. The summed E-state index contributed by atoms with van der Waals surface area (Å²) in [6.45, 7) is 4.67. The van der Waals surface area contributed by atoms with E-state index in [1.807, 2.05) is 13.0 Å². The van der Waals surface area contributed by atoms with E-state index in [1.54, 1.807) is 18.4 Å². The Morgan fingerprint density at radius 2 is 2.00 bits per heavy atom. The van der Waals surface area contributed by atoms with Gasteiger partial charge in [0, 0.05) is 36.0 Å². The van der Waals surface area contributed by atoms with Crippen LogP contribution in [0.2, 0.25) is 0 Å². The summed E-state index contributed by atoms with van der Waals surface area (Å²) in [7, 11) is 1.67. The molecule has 2 atom stereocenters. The van der Waals surface area contributed by atoms with Crippen LogP contribution < -0.4 is 10.6 Å². The highest BCUT2D eigenvalue weighted by atomic mass is 127. The van der Waals surface area contributed by atoms with Crippen molar-refractivity contribution in [1.29, 1.82) is 0 Å². The van der Waals surface area contributed by atoms with Crippen molar-refractivity contribution in [2.24, 2.45) is 4.99 Å². The second-order valence-electron chi connectivity index (χ2n) is 5.40. The van der Waals surface area contributed by atoms with Crippen molar-refractivity contribution < 1.29 is 8.78 Å². The van der Waals surface area contributed by atoms with Crippen molar-refractivity contribution in [3.05, 3.63) is 57.8 Å². The summed E-state index contributed by atoms with van der Waals surface area (Å²) >= 11 is 1.72. The lowest BCUT2D eigenvalue weighted by molar-refractivity contribution is 0.550. The average Bonchev–Trinajstić information content (AvgIpc) is 3.05. The van der Waals surface area contributed by atoms with Crippen LogP contribution in [0.15, 0.2) is 40.7 Å². The second kappa shape index (κ2) is 9.93. The highest BCUT2D eigenvalue weighted by molar-refractivity contribution is 14.0. The van der Waals surface area contributed by atoms with Gasteiger partial charge in [0.25, 0.3) is 0 Å². The molecule has 0 bridgehead atoms. The Kier molecular flexibility index (Phi) is 8.61. The van der Waals surface area contributed by atoms with Gasteiger partial charge in [-0.3, -0.25) is 4.99 Å². The zero-order valence-corrected chi connectivity index (χ0v) is 17.0. The van der Waals surface area contributed by atoms with E-state index < -0.39 is 11.6 Å². The van der Waals surface area contributed by atoms with Crippen molar-refractivity contribution in [2.75, 3.05) is 13.6 Å². The number of aliphatic imine (C=N–C) groups is 1. The molecule has 1 aromatic carbocycles. The molecule has 1 aromatic heterocycles. The SMILES string of the molecule is CN=C(NCC(C)c1cccs1)NC(C)c1ccc(F)cc1F.I. The summed E-state index contributed by atoms with van der Waals surface area (Å²) in [4.78, 5) is 5.45. The minimum atomic E-state index is -0.578. The Hall–Kier alpha value is -1.22. The van der Waals surface area contributed by atoms with Crippen molar-refractivity contribution in [1.82, 2.24) is 10.6 Å². The van der Waals surface area contributed by atoms with E-state index in [2.05, 4.69) is 34.0 Å². The van der Waals surface area contributed by atoms with Gasteiger partial charge in [-0.05, 0) is 24.4 Å². The molecule has 0 aliphatic carbocycles. The lowest BCUT2D eigenvalue weighted by atomic mass is 10.1. The predicted molar refractivity (Wildman–Crippen MR) is 107 cm³/mol. The van der Waals surface area contributed by atoms with Crippen LogP contribution in [-0.4, -0.2) is 19.6 Å². The van der Waals surface area contributed by atoms with Gasteiger partial charge in [-0.15, -0.1) is 35.3 Å². The molecule has 7 heteroatoms. The maximum Gasteiger partial charge on any atom is 0.191 e. The quantitative estimate of drug-likeness (QED) is 0.383. The molecule has 0 saturated carbocycles. The lowest BCUT2D eigenvalue weighted by Crippen LogP contribution is -2.40. The Labute approximate surface area is 162 Å². The minimum absolute atomic E-state index is 0. The Bertz CT molecular complexity index is 662. The Balaban J connectivity index is 0.00000288. The van der Waals surface area contributed by atoms with Crippen LogP contribution in [0.1, 0.15) is 36.2 Å². The average molecular weight is 465 g/mol. The zero-order chi connectivity index (χ0) is 16.8. The van der Waals surface area contributed by atoms with Crippen LogP contribution in [0.3, 0.4) is 0 Å². The molecular formula is C17H22F2IN3S. The molecule has 132 valence electrons. The predicted octanol–water partition coefficient (Wildman–Crippen LogP) is 4.67. The third-order valence-electron chi connectivity index (χ3n) is 3.61. The van der Waals surface area contributed by atoms with Crippen molar-refractivity contribution in [3.63, 3.8) is 0 Å². The third kappa shape index (κ3) is 5.70. The zero-order valence-electron chi connectivity index (χ0n) is 13.8. The van der Waals surface area contributed by atoms with E-state index in [0.717, 1.165) is 12.6 Å². The van der Waals surface area contributed by atoms with Crippen molar-refractivity contribution in [2.45, 2.75) is 25.8 Å². The Morgan fingerprint density at radius 1 is 1.25 bits per heavy atom. The molecule has 0 fully saturated rings. The number of hydrogen-bond acceptors (Lipinski definition) is 2. The highest BCUT2D eigenvalue weighted by Crippen LogP contribution is 2.20. The number of halogens is 3. The molecule has 2 N–H and O–H groups in total. The highest BCUT2D eigenvalue weighted by Gasteiger charge is 2.14.